The van der Waals surface area contributed by atoms with Gasteiger partial charge in [-0.3, -0.25) is 0 Å². The zero-order valence-electron chi connectivity index (χ0n) is 8.08. The Hall–Kier alpha value is -1.35. The first-order valence-corrected chi connectivity index (χ1v) is 4.26. The molecule has 0 aromatic heterocycles. The molecule has 0 amide bonds. The number of carbonyl (C=O) groups is 1. The van der Waals surface area contributed by atoms with Gasteiger partial charge in [0.2, 0.25) is 0 Å². The molecule has 0 atom stereocenters. The topological polar surface area (TPSA) is 41.1 Å². The Morgan fingerprint density at radius 1 is 1.31 bits per heavy atom. The number of aldehydes is 1. The van der Waals surface area contributed by atoms with Crippen LogP contribution in [0, 0.1) is 0 Å². The highest BCUT2D eigenvalue weighted by atomic mass is 16.1. The SMILES string of the molecule is CCC=O.CNNc1ccccc1. The summed E-state index contributed by atoms with van der Waals surface area (Å²) >= 11 is 0. The number of nitrogens with one attached hydrogen (secondary N) is 2. The molecule has 0 saturated carbocycles. The fraction of sp³-hybridized carbons (Fsp3) is 0.300. The Labute approximate surface area is 79.1 Å². The smallest absolute Gasteiger partial charge is 0.119 e. The van der Waals surface area contributed by atoms with E-state index in [4.69, 9.17) is 0 Å². The molecule has 1 aromatic carbocycles. The molecule has 1 aromatic rings. The van der Waals surface area contributed by atoms with E-state index in [2.05, 4.69) is 10.9 Å². The second-order valence-electron chi connectivity index (χ2n) is 2.32. The minimum atomic E-state index is 0.639. The van der Waals surface area contributed by atoms with Crippen molar-refractivity contribution in [2.75, 3.05) is 12.5 Å². The maximum atomic E-state index is 9.17. The Bertz CT molecular complexity index is 211. The molecule has 72 valence electrons. The van der Waals surface area contributed by atoms with Crippen molar-refractivity contribution in [1.29, 1.82) is 0 Å². The van der Waals surface area contributed by atoms with E-state index >= 15 is 0 Å². The molecule has 1 rings (SSSR count). The van der Waals surface area contributed by atoms with Crippen LogP contribution in [0.4, 0.5) is 5.69 Å². The van der Waals surface area contributed by atoms with E-state index in [1.165, 1.54) is 0 Å². The van der Waals surface area contributed by atoms with E-state index in [1.807, 2.05) is 44.3 Å². The van der Waals surface area contributed by atoms with Crippen molar-refractivity contribution in [3.63, 3.8) is 0 Å². The molecule has 2 N–H and O–H groups in total. The summed E-state index contributed by atoms with van der Waals surface area (Å²) in [4.78, 5) is 9.17. The molecule has 0 aliphatic heterocycles. The first-order valence-electron chi connectivity index (χ1n) is 4.26. The van der Waals surface area contributed by atoms with Crippen LogP contribution in [0.1, 0.15) is 13.3 Å². The van der Waals surface area contributed by atoms with Crippen LogP contribution in [0.3, 0.4) is 0 Å². The molecular formula is C10H16N2O. The van der Waals surface area contributed by atoms with E-state index in [1.54, 1.807) is 0 Å². The molecule has 0 fully saturated rings. The molecule has 13 heavy (non-hydrogen) atoms. The highest BCUT2D eigenvalue weighted by Crippen LogP contribution is 2.01. The van der Waals surface area contributed by atoms with Crippen molar-refractivity contribution in [3.05, 3.63) is 30.3 Å². The molecule has 3 nitrogen and oxygen atoms in total. The molecule has 0 radical (unpaired) electrons. The van der Waals surface area contributed by atoms with Gasteiger partial charge in [0, 0.05) is 19.2 Å². The zero-order valence-corrected chi connectivity index (χ0v) is 8.08. The number of para-hydroxylation sites is 1. The molecular weight excluding hydrogens is 164 g/mol. The van der Waals surface area contributed by atoms with Gasteiger partial charge in [-0.15, -0.1) is 0 Å². The van der Waals surface area contributed by atoms with Gasteiger partial charge in [0.15, 0.2) is 0 Å². The van der Waals surface area contributed by atoms with Gasteiger partial charge in [-0.1, -0.05) is 25.1 Å². The summed E-state index contributed by atoms with van der Waals surface area (Å²) in [7, 11) is 1.84. The minimum absolute atomic E-state index is 0.639. The van der Waals surface area contributed by atoms with Gasteiger partial charge in [-0.2, -0.15) is 0 Å². The molecule has 0 aliphatic carbocycles. The summed E-state index contributed by atoms with van der Waals surface area (Å²) < 4.78 is 0. The summed E-state index contributed by atoms with van der Waals surface area (Å²) in [6.07, 6.45) is 1.51. The fourth-order valence-corrected chi connectivity index (χ4v) is 0.666. The summed E-state index contributed by atoms with van der Waals surface area (Å²) in [5, 5.41) is 0. The zero-order chi connectivity index (χ0) is 9.94. The van der Waals surface area contributed by atoms with Crippen LogP contribution in [0.15, 0.2) is 30.3 Å². The highest BCUT2D eigenvalue weighted by Gasteiger charge is 1.81. The Balaban J connectivity index is 0.000000310. The fourth-order valence-electron chi connectivity index (χ4n) is 0.666. The van der Waals surface area contributed by atoms with E-state index in [0.717, 1.165) is 12.0 Å². The van der Waals surface area contributed by atoms with Gasteiger partial charge in [-0.05, 0) is 12.1 Å². The standard InChI is InChI=1S/C7H10N2.C3H6O/c1-8-9-7-5-3-2-4-6-7;1-2-3-4/h2-6,8-9H,1H3;3H,2H2,1H3. The van der Waals surface area contributed by atoms with E-state index in [9.17, 15) is 4.79 Å². The second-order valence-corrected chi connectivity index (χ2v) is 2.32. The van der Waals surface area contributed by atoms with E-state index in [0.29, 0.717) is 6.42 Å². The van der Waals surface area contributed by atoms with Crippen LogP contribution in [0.25, 0.3) is 0 Å². The number of carbonyl (C=O) groups excluding carboxylic acids is 1. The second kappa shape index (κ2) is 8.74. The lowest BCUT2D eigenvalue weighted by Gasteiger charge is -2.00. The van der Waals surface area contributed by atoms with E-state index in [-0.39, 0.29) is 0 Å². The number of anilines is 1. The van der Waals surface area contributed by atoms with Gasteiger partial charge in [0.05, 0.1) is 0 Å². The Morgan fingerprint density at radius 2 is 1.85 bits per heavy atom. The third kappa shape index (κ3) is 7.03. The Kier molecular flexibility index (Phi) is 7.84. The average molecular weight is 180 g/mol. The largest absolute Gasteiger partial charge is 0.322 e. The first-order chi connectivity index (χ1) is 6.35. The summed E-state index contributed by atoms with van der Waals surface area (Å²) in [6, 6.07) is 9.95. The van der Waals surface area contributed by atoms with Crippen molar-refractivity contribution in [2.45, 2.75) is 13.3 Å². The molecule has 0 unspecified atom stereocenters. The van der Waals surface area contributed by atoms with Gasteiger partial charge in [-0.25, -0.2) is 5.43 Å². The summed E-state index contributed by atoms with van der Waals surface area (Å²) in [6.45, 7) is 1.81. The van der Waals surface area contributed by atoms with Crippen LogP contribution in [0.2, 0.25) is 0 Å². The third-order valence-electron chi connectivity index (χ3n) is 1.21. The van der Waals surface area contributed by atoms with Crippen molar-refractivity contribution in [1.82, 2.24) is 5.43 Å². The molecule has 0 bridgehead atoms. The predicted molar refractivity (Wildman–Crippen MR) is 55.5 cm³/mol. The average Bonchev–Trinajstić information content (AvgIpc) is 2.20. The number of benzene rings is 1. The molecule has 0 aliphatic rings. The van der Waals surface area contributed by atoms with Crippen molar-refractivity contribution < 1.29 is 4.79 Å². The lowest BCUT2D eigenvalue weighted by Crippen LogP contribution is -2.14. The maximum Gasteiger partial charge on any atom is 0.119 e. The van der Waals surface area contributed by atoms with Crippen molar-refractivity contribution in [2.24, 2.45) is 0 Å². The lowest BCUT2D eigenvalue weighted by atomic mass is 10.3. The van der Waals surface area contributed by atoms with Crippen molar-refractivity contribution >= 4 is 12.0 Å². The van der Waals surface area contributed by atoms with E-state index < -0.39 is 0 Å². The number of hydrogen-bond acceptors (Lipinski definition) is 3. The monoisotopic (exact) mass is 180 g/mol. The van der Waals surface area contributed by atoms with Gasteiger partial charge >= 0.3 is 0 Å². The number of rotatable bonds is 3. The van der Waals surface area contributed by atoms with Crippen LogP contribution in [-0.2, 0) is 4.79 Å². The quantitative estimate of drug-likeness (QED) is 0.550. The van der Waals surface area contributed by atoms with Crippen LogP contribution >= 0.6 is 0 Å². The van der Waals surface area contributed by atoms with Gasteiger partial charge in [0.25, 0.3) is 0 Å². The molecule has 0 heterocycles. The highest BCUT2D eigenvalue weighted by molar-refractivity contribution is 5.48. The third-order valence-corrected chi connectivity index (χ3v) is 1.21. The maximum absolute atomic E-state index is 9.17. The van der Waals surface area contributed by atoms with Gasteiger partial charge in [0.1, 0.15) is 6.29 Å². The van der Waals surface area contributed by atoms with Crippen molar-refractivity contribution in [3.8, 4) is 0 Å². The Morgan fingerprint density at radius 3 is 2.23 bits per heavy atom. The molecule has 3 heteroatoms. The lowest BCUT2D eigenvalue weighted by molar-refractivity contribution is -0.107. The van der Waals surface area contributed by atoms with Crippen LogP contribution in [-0.4, -0.2) is 13.3 Å². The first kappa shape index (κ1) is 11.6. The van der Waals surface area contributed by atoms with Crippen LogP contribution < -0.4 is 10.9 Å². The number of hydrogen-bond donors (Lipinski definition) is 2. The normalized spacial score (nSPS) is 8.15. The van der Waals surface area contributed by atoms with Crippen LogP contribution in [0.5, 0.6) is 0 Å². The molecule has 0 saturated heterocycles. The minimum Gasteiger partial charge on any atom is -0.322 e. The summed E-state index contributed by atoms with van der Waals surface area (Å²) in [5.41, 5.74) is 6.87. The number of hydrazine groups is 1. The summed E-state index contributed by atoms with van der Waals surface area (Å²) in [5.74, 6) is 0. The molecule has 0 spiro atoms. The van der Waals surface area contributed by atoms with Gasteiger partial charge < -0.3 is 10.2 Å². The predicted octanol–water partition coefficient (Wildman–Crippen LogP) is 1.83.